The number of urea groups is 1. The number of nitrogens with one attached hydrogen (secondary N) is 3. The number of halogens is 1. The van der Waals surface area contributed by atoms with Crippen LogP contribution in [-0.2, 0) is 19.6 Å². The number of aryl methyl sites for hydroxylation is 1. The number of anilines is 2. The lowest BCUT2D eigenvalue weighted by Crippen LogP contribution is -2.44. The van der Waals surface area contributed by atoms with Crippen molar-refractivity contribution in [2.75, 3.05) is 16.6 Å². The first kappa shape index (κ1) is 23.7. The summed E-state index contributed by atoms with van der Waals surface area (Å²) in [6.45, 7) is 1.54. The Morgan fingerprint density at radius 3 is 2.41 bits per heavy atom. The maximum atomic E-state index is 13.1. The Labute approximate surface area is 196 Å². The Kier molecular flexibility index (Phi) is 6.30. The second-order valence-electron chi connectivity index (χ2n) is 8.57. The molecular weight excluding hydrogens is 463 g/mol. The Morgan fingerprint density at radius 1 is 1.09 bits per heavy atom. The molecule has 2 aromatic rings. The van der Waals surface area contributed by atoms with E-state index >= 15 is 0 Å². The summed E-state index contributed by atoms with van der Waals surface area (Å²) in [5.41, 5.74) is 0.0721. The fourth-order valence-electron chi connectivity index (χ4n) is 4.33. The van der Waals surface area contributed by atoms with Crippen LogP contribution in [0.25, 0.3) is 0 Å². The van der Waals surface area contributed by atoms with Gasteiger partial charge in [-0.3, -0.25) is 19.2 Å². The third-order valence-corrected chi connectivity index (χ3v) is 7.65. The van der Waals surface area contributed by atoms with Gasteiger partial charge in [0.2, 0.25) is 5.91 Å². The van der Waals surface area contributed by atoms with Gasteiger partial charge in [0.05, 0.1) is 4.90 Å². The molecule has 4 amide bonds. The third kappa shape index (κ3) is 4.74. The molecule has 0 bridgehead atoms. The predicted molar refractivity (Wildman–Crippen MR) is 123 cm³/mol. The number of amides is 4. The van der Waals surface area contributed by atoms with E-state index in [4.69, 9.17) is 0 Å². The van der Waals surface area contributed by atoms with Crippen molar-refractivity contribution >= 4 is 39.2 Å². The molecule has 0 unspecified atom stereocenters. The third-order valence-electron chi connectivity index (χ3n) is 6.12. The van der Waals surface area contributed by atoms with Gasteiger partial charge in [0.1, 0.15) is 11.4 Å². The summed E-state index contributed by atoms with van der Waals surface area (Å²) in [5, 5.41) is 5.38. The zero-order chi connectivity index (χ0) is 24.5. The van der Waals surface area contributed by atoms with Crippen molar-refractivity contribution in [3.05, 3.63) is 53.8 Å². The molecule has 0 atom stereocenters. The zero-order valence-electron chi connectivity index (χ0n) is 18.6. The van der Waals surface area contributed by atoms with Gasteiger partial charge in [0, 0.05) is 24.3 Å². The normalized spacial score (nSPS) is 17.2. The fourth-order valence-corrected chi connectivity index (χ4v) is 5.66. The van der Waals surface area contributed by atoms with E-state index in [0.717, 1.165) is 29.9 Å². The van der Waals surface area contributed by atoms with Crippen LogP contribution in [0.5, 0.6) is 0 Å². The molecule has 1 saturated heterocycles. The second kappa shape index (κ2) is 9.05. The van der Waals surface area contributed by atoms with Crippen LogP contribution >= 0.6 is 0 Å². The molecular formula is C23H25FN4O5S. The number of hydrogen-bond donors (Lipinski definition) is 3. The van der Waals surface area contributed by atoms with Crippen molar-refractivity contribution in [2.45, 2.75) is 49.5 Å². The van der Waals surface area contributed by atoms with Crippen molar-refractivity contribution in [3.63, 3.8) is 0 Å². The maximum absolute atomic E-state index is 13.1. The molecule has 0 radical (unpaired) electrons. The number of rotatable bonds is 7. The van der Waals surface area contributed by atoms with E-state index in [1.165, 1.54) is 18.2 Å². The number of carbonyl (C=O) groups excluding carboxylic acids is 3. The number of hydrogen-bond acceptors (Lipinski definition) is 5. The van der Waals surface area contributed by atoms with Gasteiger partial charge in [-0.05, 0) is 61.7 Å². The fraction of sp³-hybridized carbons (Fsp3) is 0.348. The molecule has 4 rings (SSSR count). The summed E-state index contributed by atoms with van der Waals surface area (Å²) in [6, 6.07) is 8.83. The molecule has 2 aromatic carbocycles. The molecule has 2 aliphatic rings. The number of imide groups is 1. The van der Waals surface area contributed by atoms with E-state index in [-0.39, 0.29) is 35.1 Å². The first-order chi connectivity index (χ1) is 16.1. The maximum Gasteiger partial charge on any atom is 0.325 e. The predicted octanol–water partition coefficient (Wildman–Crippen LogP) is 3.13. The number of carbonyl (C=O) groups is 3. The van der Waals surface area contributed by atoms with Crippen LogP contribution in [0, 0.1) is 12.7 Å². The topological polar surface area (TPSA) is 125 Å². The van der Waals surface area contributed by atoms with Gasteiger partial charge in [0.25, 0.3) is 15.9 Å². The standard InChI is InChI=1S/C23H25FN4O5S/c1-15-4-7-18(14-19(15)34(32,33)27-17-8-5-16(24)6-9-17)25-20(29)10-13-28-21(30)23(26-22(28)31)11-2-3-12-23/h4-9,14,27H,2-3,10-13H2,1H3,(H,25,29)(H,26,31). The van der Waals surface area contributed by atoms with E-state index < -0.39 is 33.3 Å². The lowest BCUT2D eigenvalue weighted by molar-refractivity contribution is -0.131. The van der Waals surface area contributed by atoms with Crippen molar-refractivity contribution in [3.8, 4) is 0 Å². The van der Waals surface area contributed by atoms with Gasteiger partial charge in [-0.15, -0.1) is 0 Å². The molecule has 11 heteroatoms. The number of benzene rings is 2. The molecule has 9 nitrogen and oxygen atoms in total. The molecule has 2 fully saturated rings. The first-order valence-electron chi connectivity index (χ1n) is 10.9. The summed E-state index contributed by atoms with van der Waals surface area (Å²) in [4.78, 5) is 38.4. The summed E-state index contributed by atoms with van der Waals surface area (Å²) >= 11 is 0. The van der Waals surface area contributed by atoms with Gasteiger partial charge in [-0.25, -0.2) is 17.6 Å². The Morgan fingerprint density at radius 2 is 1.74 bits per heavy atom. The highest BCUT2D eigenvalue weighted by molar-refractivity contribution is 7.92. The van der Waals surface area contributed by atoms with E-state index in [0.29, 0.717) is 18.4 Å². The number of nitrogens with zero attached hydrogens (tertiary/aromatic N) is 1. The molecule has 1 spiro atoms. The summed E-state index contributed by atoms with van der Waals surface area (Å²) in [6.07, 6.45) is 2.82. The zero-order valence-corrected chi connectivity index (χ0v) is 19.4. The van der Waals surface area contributed by atoms with Crippen LogP contribution in [0.1, 0.15) is 37.7 Å². The lowest BCUT2D eigenvalue weighted by Gasteiger charge is -2.20. The summed E-state index contributed by atoms with van der Waals surface area (Å²) in [5.74, 6) is -1.25. The van der Waals surface area contributed by atoms with Crippen molar-refractivity contribution in [1.29, 1.82) is 0 Å². The number of sulfonamides is 1. The van der Waals surface area contributed by atoms with Gasteiger partial charge >= 0.3 is 6.03 Å². The van der Waals surface area contributed by atoms with Crippen LogP contribution < -0.4 is 15.4 Å². The Hall–Kier alpha value is -3.47. The minimum absolute atomic E-state index is 0.0492. The van der Waals surface area contributed by atoms with E-state index in [1.54, 1.807) is 19.1 Å². The molecule has 1 saturated carbocycles. The van der Waals surface area contributed by atoms with Crippen molar-refractivity contribution in [1.82, 2.24) is 10.2 Å². The van der Waals surface area contributed by atoms with Gasteiger partial charge < -0.3 is 10.6 Å². The molecule has 34 heavy (non-hydrogen) atoms. The highest BCUT2D eigenvalue weighted by Crippen LogP contribution is 2.35. The van der Waals surface area contributed by atoms with Gasteiger partial charge in [-0.2, -0.15) is 0 Å². The molecule has 1 aliphatic carbocycles. The Bertz CT molecular complexity index is 1240. The summed E-state index contributed by atoms with van der Waals surface area (Å²) < 4.78 is 41.2. The molecule has 180 valence electrons. The average molecular weight is 489 g/mol. The minimum Gasteiger partial charge on any atom is -0.326 e. The smallest absolute Gasteiger partial charge is 0.325 e. The highest BCUT2D eigenvalue weighted by atomic mass is 32.2. The van der Waals surface area contributed by atoms with Crippen molar-refractivity contribution in [2.24, 2.45) is 0 Å². The van der Waals surface area contributed by atoms with Crippen LogP contribution in [0.3, 0.4) is 0 Å². The minimum atomic E-state index is -4.00. The highest BCUT2D eigenvalue weighted by Gasteiger charge is 2.52. The van der Waals surface area contributed by atoms with Gasteiger partial charge in [0.15, 0.2) is 0 Å². The summed E-state index contributed by atoms with van der Waals surface area (Å²) in [7, 11) is -4.00. The van der Waals surface area contributed by atoms with E-state index in [2.05, 4.69) is 15.4 Å². The molecule has 1 aliphatic heterocycles. The van der Waals surface area contributed by atoms with Gasteiger partial charge in [-0.1, -0.05) is 18.9 Å². The Balaban J connectivity index is 1.41. The lowest BCUT2D eigenvalue weighted by atomic mass is 9.98. The quantitative estimate of drug-likeness (QED) is 0.517. The molecule has 1 heterocycles. The SMILES string of the molecule is Cc1ccc(NC(=O)CCN2C(=O)NC3(CCCC3)C2=O)cc1S(=O)(=O)Nc1ccc(F)cc1. The average Bonchev–Trinajstić information content (AvgIpc) is 3.34. The van der Waals surface area contributed by atoms with E-state index in [9.17, 15) is 27.2 Å². The second-order valence-corrected chi connectivity index (χ2v) is 10.2. The van der Waals surface area contributed by atoms with Crippen LogP contribution in [0.4, 0.5) is 20.6 Å². The van der Waals surface area contributed by atoms with Crippen LogP contribution in [0.15, 0.2) is 47.4 Å². The first-order valence-corrected chi connectivity index (χ1v) is 12.4. The van der Waals surface area contributed by atoms with Crippen LogP contribution in [-0.4, -0.2) is 43.2 Å². The van der Waals surface area contributed by atoms with Crippen molar-refractivity contribution < 1.29 is 27.2 Å². The van der Waals surface area contributed by atoms with Crippen LogP contribution in [0.2, 0.25) is 0 Å². The molecule has 3 N–H and O–H groups in total. The molecule has 0 aromatic heterocycles. The largest absolute Gasteiger partial charge is 0.326 e. The van der Waals surface area contributed by atoms with E-state index in [1.807, 2.05) is 0 Å². The monoisotopic (exact) mass is 488 g/mol.